The number of fused-ring (bicyclic) bond motifs is 1. The second-order valence-corrected chi connectivity index (χ2v) is 6.57. The molecule has 0 bridgehead atoms. The molecule has 1 aliphatic rings. The van der Waals surface area contributed by atoms with Gasteiger partial charge < -0.3 is 10.2 Å². The van der Waals surface area contributed by atoms with E-state index in [1.807, 2.05) is 26.0 Å². The SMILES string of the molecule is Cc1cc(CNC(=O)c2cnn3ccc(C)nc23)nc(N2CCCC2)n1. The Hall–Kier alpha value is -3.03. The van der Waals surface area contributed by atoms with E-state index in [-0.39, 0.29) is 5.91 Å². The number of carbonyl (C=O) groups excluding carboxylic acids is 1. The second kappa shape index (κ2) is 6.70. The normalized spacial score (nSPS) is 14.2. The minimum absolute atomic E-state index is 0.211. The van der Waals surface area contributed by atoms with Crippen LogP contribution >= 0.6 is 0 Å². The number of nitrogens with zero attached hydrogens (tertiary/aromatic N) is 6. The molecular weight excluding hydrogens is 330 g/mol. The predicted octanol–water partition coefficient (Wildman–Crippen LogP) is 1.67. The number of nitrogens with one attached hydrogen (secondary N) is 1. The number of carbonyl (C=O) groups is 1. The highest BCUT2D eigenvalue weighted by molar-refractivity contribution is 5.99. The fourth-order valence-corrected chi connectivity index (χ4v) is 3.15. The first-order valence-corrected chi connectivity index (χ1v) is 8.79. The summed E-state index contributed by atoms with van der Waals surface area (Å²) in [4.78, 5) is 28.3. The molecular formula is C18H21N7O. The molecule has 0 saturated carbocycles. The number of anilines is 1. The first-order valence-electron chi connectivity index (χ1n) is 8.79. The summed E-state index contributed by atoms with van der Waals surface area (Å²) in [6.45, 7) is 6.15. The van der Waals surface area contributed by atoms with Crippen LogP contribution in [0.3, 0.4) is 0 Å². The van der Waals surface area contributed by atoms with Crippen LogP contribution in [-0.2, 0) is 6.54 Å². The van der Waals surface area contributed by atoms with Crippen molar-refractivity contribution in [1.29, 1.82) is 0 Å². The molecule has 0 atom stereocenters. The van der Waals surface area contributed by atoms with Gasteiger partial charge in [0.25, 0.3) is 5.91 Å². The highest BCUT2D eigenvalue weighted by Gasteiger charge is 2.17. The monoisotopic (exact) mass is 351 g/mol. The van der Waals surface area contributed by atoms with Gasteiger partial charge in [-0.3, -0.25) is 4.79 Å². The van der Waals surface area contributed by atoms with Crippen molar-refractivity contribution in [1.82, 2.24) is 29.9 Å². The molecule has 1 N–H and O–H groups in total. The smallest absolute Gasteiger partial charge is 0.257 e. The lowest BCUT2D eigenvalue weighted by molar-refractivity contribution is 0.0952. The summed E-state index contributed by atoms with van der Waals surface area (Å²) in [7, 11) is 0. The highest BCUT2D eigenvalue weighted by Crippen LogP contribution is 2.17. The van der Waals surface area contributed by atoms with Gasteiger partial charge in [0, 0.05) is 30.7 Å². The quantitative estimate of drug-likeness (QED) is 0.769. The Morgan fingerprint density at radius 3 is 2.77 bits per heavy atom. The van der Waals surface area contributed by atoms with Gasteiger partial charge in [0.05, 0.1) is 18.4 Å². The van der Waals surface area contributed by atoms with Crippen molar-refractivity contribution in [2.45, 2.75) is 33.2 Å². The number of hydrogen-bond donors (Lipinski definition) is 1. The van der Waals surface area contributed by atoms with Crippen LogP contribution in [0, 0.1) is 13.8 Å². The van der Waals surface area contributed by atoms with Crippen LogP contribution in [0.4, 0.5) is 5.95 Å². The van der Waals surface area contributed by atoms with Gasteiger partial charge >= 0.3 is 0 Å². The minimum Gasteiger partial charge on any atom is -0.346 e. The van der Waals surface area contributed by atoms with E-state index in [0.717, 1.165) is 36.1 Å². The molecule has 0 spiro atoms. The van der Waals surface area contributed by atoms with Gasteiger partial charge in [0.1, 0.15) is 5.56 Å². The van der Waals surface area contributed by atoms with Crippen molar-refractivity contribution in [2.75, 3.05) is 18.0 Å². The van der Waals surface area contributed by atoms with Crippen LogP contribution in [0.1, 0.15) is 40.3 Å². The Balaban J connectivity index is 1.51. The molecule has 0 aromatic carbocycles. The first kappa shape index (κ1) is 16.4. The maximum absolute atomic E-state index is 12.6. The molecule has 8 nitrogen and oxygen atoms in total. The summed E-state index contributed by atoms with van der Waals surface area (Å²) < 4.78 is 1.60. The molecule has 4 heterocycles. The zero-order chi connectivity index (χ0) is 18.1. The van der Waals surface area contributed by atoms with Crippen LogP contribution in [0.2, 0.25) is 0 Å². The molecule has 3 aromatic heterocycles. The molecule has 8 heteroatoms. The van der Waals surface area contributed by atoms with E-state index in [2.05, 4.69) is 30.3 Å². The van der Waals surface area contributed by atoms with Gasteiger partial charge in [-0.05, 0) is 38.8 Å². The molecule has 0 aliphatic carbocycles. The second-order valence-electron chi connectivity index (χ2n) is 6.57. The van der Waals surface area contributed by atoms with Crippen molar-refractivity contribution in [3.8, 4) is 0 Å². The van der Waals surface area contributed by atoms with Crippen LogP contribution in [0.15, 0.2) is 24.5 Å². The summed E-state index contributed by atoms with van der Waals surface area (Å²) in [5, 5.41) is 7.09. The van der Waals surface area contributed by atoms with Gasteiger partial charge in [-0.25, -0.2) is 19.5 Å². The lowest BCUT2D eigenvalue weighted by atomic mass is 10.3. The largest absolute Gasteiger partial charge is 0.346 e. The third-order valence-electron chi connectivity index (χ3n) is 4.47. The molecule has 134 valence electrons. The number of rotatable bonds is 4. The highest BCUT2D eigenvalue weighted by atomic mass is 16.1. The van der Waals surface area contributed by atoms with Crippen LogP contribution in [-0.4, -0.2) is 43.6 Å². The Morgan fingerprint density at radius 1 is 1.15 bits per heavy atom. The van der Waals surface area contributed by atoms with E-state index in [9.17, 15) is 4.79 Å². The predicted molar refractivity (Wildman–Crippen MR) is 97.1 cm³/mol. The van der Waals surface area contributed by atoms with Crippen molar-refractivity contribution < 1.29 is 4.79 Å². The van der Waals surface area contributed by atoms with E-state index in [1.54, 1.807) is 10.7 Å². The molecule has 1 fully saturated rings. The number of aromatic nitrogens is 5. The van der Waals surface area contributed by atoms with E-state index in [4.69, 9.17) is 0 Å². The zero-order valence-electron chi connectivity index (χ0n) is 14.9. The molecule has 0 unspecified atom stereocenters. The first-order chi connectivity index (χ1) is 12.6. The fourth-order valence-electron chi connectivity index (χ4n) is 3.15. The van der Waals surface area contributed by atoms with E-state index in [1.165, 1.54) is 19.0 Å². The average molecular weight is 351 g/mol. The lowest BCUT2D eigenvalue weighted by Crippen LogP contribution is -2.25. The van der Waals surface area contributed by atoms with Crippen LogP contribution in [0.5, 0.6) is 0 Å². The average Bonchev–Trinajstić information content (AvgIpc) is 3.28. The molecule has 1 saturated heterocycles. The third kappa shape index (κ3) is 3.22. The van der Waals surface area contributed by atoms with E-state index in [0.29, 0.717) is 17.8 Å². The maximum atomic E-state index is 12.6. The van der Waals surface area contributed by atoms with Gasteiger partial charge in [0.15, 0.2) is 5.65 Å². The fraction of sp³-hybridized carbons (Fsp3) is 0.389. The summed E-state index contributed by atoms with van der Waals surface area (Å²) in [5.41, 5.74) is 3.56. The van der Waals surface area contributed by atoms with Gasteiger partial charge in [-0.15, -0.1) is 0 Å². The van der Waals surface area contributed by atoms with E-state index < -0.39 is 0 Å². The van der Waals surface area contributed by atoms with Crippen molar-refractivity contribution >= 4 is 17.5 Å². The maximum Gasteiger partial charge on any atom is 0.257 e. The summed E-state index contributed by atoms with van der Waals surface area (Å²) in [5.74, 6) is 0.539. The van der Waals surface area contributed by atoms with Crippen molar-refractivity contribution in [2.24, 2.45) is 0 Å². The zero-order valence-corrected chi connectivity index (χ0v) is 14.9. The van der Waals surface area contributed by atoms with Gasteiger partial charge in [-0.2, -0.15) is 5.10 Å². The Kier molecular flexibility index (Phi) is 4.24. The molecule has 1 amide bonds. The van der Waals surface area contributed by atoms with Gasteiger partial charge in [-0.1, -0.05) is 0 Å². The van der Waals surface area contributed by atoms with Crippen molar-refractivity contribution in [3.05, 3.63) is 47.2 Å². The Morgan fingerprint density at radius 2 is 1.96 bits per heavy atom. The number of hydrogen-bond acceptors (Lipinski definition) is 6. The topological polar surface area (TPSA) is 88.3 Å². The molecule has 1 aliphatic heterocycles. The molecule has 26 heavy (non-hydrogen) atoms. The van der Waals surface area contributed by atoms with Crippen molar-refractivity contribution in [3.63, 3.8) is 0 Å². The van der Waals surface area contributed by atoms with E-state index >= 15 is 0 Å². The summed E-state index contributed by atoms with van der Waals surface area (Å²) >= 11 is 0. The summed E-state index contributed by atoms with van der Waals surface area (Å²) in [6.07, 6.45) is 5.68. The lowest BCUT2D eigenvalue weighted by Gasteiger charge is -2.16. The van der Waals surface area contributed by atoms with Gasteiger partial charge in [0.2, 0.25) is 5.95 Å². The third-order valence-corrected chi connectivity index (χ3v) is 4.47. The standard InChI is InChI=1S/C18H21N7O/c1-12-5-8-25-16(21-12)15(11-20-25)17(26)19-10-14-9-13(2)22-18(23-14)24-6-3-4-7-24/h5,8-9,11H,3-4,6-7,10H2,1-2H3,(H,19,26). The minimum atomic E-state index is -0.211. The Labute approximate surface area is 151 Å². The summed E-state index contributed by atoms with van der Waals surface area (Å²) in [6, 6.07) is 3.75. The molecule has 3 aromatic rings. The van der Waals surface area contributed by atoms with Crippen LogP contribution < -0.4 is 10.2 Å². The number of aryl methyl sites for hydroxylation is 2. The molecule has 4 rings (SSSR count). The molecule has 0 radical (unpaired) electrons. The van der Waals surface area contributed by atoms with Crippen LogP contribution in [0.25, 0.3) is 5.65 Å². The number of amides is 1. The Bertz CT molecular complexity index is 959.